The van der Waals surface area contributed by atoms with Crippen LogP contribution in [0.5, 0.6) is 0 Å². The number of benzene rings is 4. The smallest absolute Gasteiger partial charge is 0.270 e. The van der Waals surface area contributed by atoms with Gasteiger partial charge in [-0.1, -0.05) is 97.1 Å². The van der Waals surface area contributed by atoms with Gasteiger partial charge in [0.05, 0.1) is 17.1 Å². The molecule has 1 N–H and O–H groups in total. The van der Waals surface area contributed by atoms with Crippen LogP contribution < -0.4 is 10.2 Å². The topological polar surface area (TPSA) is 54.3 Å². The molecular weight excluding hydrogens is 502 g/mol. The minimum atomic E-state index is -0.523. The average Bonchev–Trinajstić information content (AvgIpc) is 3.36. The van der Waals surface area contributed by atoms with Crippen LogP contribution in [0.15, 0.2) is 133 Å². The normalized spacial score (nSPS) is 14.5. The van der Waals surface area contributed by atoms with Crippen molar-refractivity contribution in [1.82, 2.24) is 9.88 Å². The Bertz CT molecular complexity index is 1710. The second kappa shape index (κ2) is 10.4. The average molecular weight is 526 g/mol. The number of para-hydroxylation sites is 2. The number of aromatic nitrogens is 1. The van der Waals surface area contributed by atoms with Crippen LogP contribution in [0, 0.1) is 0 Å². The number of thiocarbonyl (C=S) groups is 1. The van der Waals surface area contributed by atoms with Gasteiger partial charge in [-0.15, -0.1) is 0 Å². The van der Waals surface area contributed by atoms with Crippen LogP contribution in [0.2, 0.25) is 0 Å². The molecule has 0 spiro atoms. The second-order valence-corrected chi connectivity index (χ2v) is 9.42. The molecule has 4 aromatic carbocycles. The fourth-order valence-electron chi connectivity index (χ4n) is 4.82. The van der Waals surface area contributed by atoms with Crippen LogP contribution >= 0.6 is 12.2 Å². The third kappa shape index (κ3) is 4.58. The molecular formula is C33H23N3O2S. The van der Waals surface area contributed by atoms with Crippen LogP contribution in [0.4, 0.5) is 5.69 Å². The number of carbonyl (C=O) groups excluding carboxylic acids is 2. The van der Waals surface area contributed by atoms with Crippen LogP contribution in [-0.2, 0) is 9.59 Å². The number of amides is 2. The summed E-state index contributed by atoms with van der Waals surface area (Å²) in [7, 11) is 0. The van der Waals surface area contributed by atoms with E-state index in [0.717, 1.165) is 33.8 Å². The molecule has 0 unspecified atom stereocenters. The van der Waals surface area contributed by atoms with Crippen molar-refractivity contribution in [2.24, 2.45) is 0 Å². The Kier molecular flexibility index (Phi) is 6.45. The van der Waals surface area contributed by atoms with E-state index < -0.39 is 11.8 Å². The molecule has 6 rings (SSSR count). The summed E-state index contributed by atoms with van der Waals surface area (Å²) < 4.78 is 2.17. The summed E-state index contributed by atoms with van der Waals surface area (Å²) in [6, 6.07) is 41.2. The zero-order chi connectivity index (χ0) is 26.8. The number of anilines is 1. The van der Waals surface area contributed by atoms with Gasteiger partial charge in [0, 0.05) is 11.3 Å². The van der Waals surface area contributed by atoms with Crippen LogP contribution in [-0.4, -0.2) is 21.5 Å². The molecule has 39 heavy (non-hydrogen) atoms. The SMILES string of the molecule is O=C1NC(=S)N(c2ccccc2)C(=O)/C1=C/c1cc(-c2ccccc2)n(-c2ccccc2)c1-c1ccccc1. The van der Waals surface area contributed by atoms with Crippen molar-refractivity contribution < 1.29 is 9.59 Å². The van der Waals surface area contributed by atoms with E-state index >= 15 is 0 Å². The minimum absolute atomic E-state index is 0.00876. The molecule has 0 radical (unpaired) electrons. The minimum Gasteiger partial charge on any atom is -0.309 e. The van der Waals surface area contributed by atoms with Crippen molar-refractivity contribution in [2.75, 3.05) is 4.90 Å². The molecule has 1 saturated heterocycles. The number of nitrogens with zero attached hydrogens (tertiary/aromatic N) is 2. The Hall–Kier alpha value is -5.07. The van der Waals surface area contributed by atoms with Crippen LogP contribution in [0.25, 0.3) is 34.3 Å². The maximum atomic E-state index is 13.7. The van der Waals surface area contributed by atoms with Gasteiger partial charge in [-0.05, 0) is 59.8 Å². The molecule has 2 heterocycles. The Labute approximate surface area is 231 Å². The van der Waals surface area contributed by atoms with Crippen molar-refractivity contribution in [3.63, 3.8) is 0 Å². The van der Waals surface area contributed by atoms with Gasteiger partial charge in [0.1, 0.15) is 5.57 Å². The van der Waals surface area contributed by atoms with Crippen molar-refractivity contribution in [3.05, 3.63) is 139 Å². The van der Waals surface area contributed by atoms with E-state index in [1.165, 1.54) is 4.90 Å². The maximum Gasteiger partial charge on any atom is 0.270 e. The van der Waals surface area contributed by atoms with Crippen LogP contribution in [0.3, 0.4) is 0 Å². The molecule has 2 amide bonds. The van der Waals surface area contributed by atoms with Gasteiger partial charge >= 0.3 is 0 Å². The molecule has 5 nitrogen and oxygen atoms in total. The monoisotopic (exact) mass is 525 g/mol. The van der Waals surface area contributed by atoms with Gasteiger partial charge in [-0.2, -0.15) is 0 Å². The van der Waals surface area contributed by atoms with Crippen molar-refractivity contribution in [1.29, 1.82) is 0 Å². The third-order valence-electron chi connectivity index (χ3n) is 6.58. The predicted octanol–water partition coefficient (Wildman–Crippen LogP) is 6.64. The number of nitrogens with one attached hydrogen (secondary N) is 1. The first kappa shape index (κ1) is 24.3. The second-order valence-electron chi connectivity index (χ2n) is 9.03. The van der Waals surface area contributed by atoms with E-state index in [1.54, 1.807) is 18.2 Å². The Morgan fingerprint density at radius 1 is 0.641 bits per heavy atom. The van der Waals surface area contributed by atoms with Gasteiger partial charge in [0.25, 0.3) is 11.8 Å². The lowest BCUT2D eigenvalue weighted by Gasteiger charge is -2.28. The zero-order valence-electron chi connectivity index (χ0n) is 20.8. The molecule has 0 aliphatic carbocycles. The lowest BCUT2D eigenvalue weighted by Crippen LogP contribution is -2.54. The Morgan fingerprint density at radius 3 is 1.74 bits per heavy atom. The highest BCUT2D eigenvalue weighted by molar-refractivity contribution is 7.80. The lowest BCUT2D eigenvalue weighted by molar-refractivity contribution is -0.122. The molecule has 0 saturated carbocycles. The predicted molar refractivity (Wildman–Crippen MR) is 159 cm³/mol. The number of hydrogen-bond donors (Lipinski definition) is 1. The van der Waals surface area contributed by atoms with E-state index in [0.29, 0.717) is 5.69 Å². The number of rotatable bonds is 5. The first-order valence-corrected chi connectivity index (χ1v) is 12.9. The number of carbonyl (C=O) groups is 2. The standard InChI is InChI=1S/C33H23N3O2S/c37-31-28(32(38)36(33(39)34-31)27-19-11-4-12-20-27)21-25-22-29(23-13-5-1-6-14-23)35(26-17-9-3-10-18-26)30(25)24-15-7-2-8-16-24/h1-22H,(H,34,37,39)/b28-21+. The summed E-state index contributed by atoms with van der Waals surface area (Å²) >= 11 is 5.38. The van der Waals surface area contributed by atoms with Gasteiger partial charge in [-0.3, -0.25) is 19.8 Å². The van der Waals surface area contributed by atoms with Crippen LogP contribution in [0.1, 0.15) is 5.56 Å². The first-order chi connectivity index (χ1) is 19.1. The maximum absolute atomic E-state index is 13.7. The largest absolute Gasteiger partial charge is 0.309 e. The fraction of sp³-hybridized carbons (Fsp3) is 0. The highest BCUT2D eigenvalue weighted by Crippen LogP contribution is 2.37. The molecule has 1 aromatic heterocycles. The third-order valence-corrected chi connectivity index (χ3v) is 6.86. The summed E-state index contributed by atoms with van der Waals surface area (Å²) in [4.78, 5) is 28.2. The van der Waals surface area contributed by atoms with E-state index in [1.807, 2.05) is 103 Å². The van der Waals surface area contributed by atoms with E-state index in [2.05, 4.69) is 22.0 Å². The summed E-state index contributed by atoms with van der Waals surface area (Å²) in [5.74, 6) is -0.993. The van der Waals surface area contributed by atoms with E-state index in [9.17, 15) is 9.59 Å². The van der Waals surface area contributed by atoms with E-state index in [-0.39, 0.29) is 10.7 Å². The molecule has 0 bridgehead atoms. The Balaban J connectivity index is 1.60. The van der Waals surface area contributed by atoms with Crippen molar-refractivity contribution in [2.45, 2.75) is 0 Å². The van der Waals surface area contributed by atoms with Gasteiger partial charge < -0.3 is 4.57 Å². The molecule has 1 aliphatic heterocycles. The molecule has 0 atom stereocenters. The summed E-state index contributed by atoms with van der Waals surface area (Å²) in [5.41, 5.74) is 6.07. The lowest BCUT2D eigenvalue weighted by atomic mass is 10.0. The quantitative estimate of drug-likeness (QED) is 0.159. The number of hydrogen-bond acceptors (Lipinski definition) is 3. The fourth-order valence-corrected chi connectivity index (χ4v) is 5.10. The summed E-state index contributed by atoms with van der Waals surface area (Å²) in [5, 5.41) is 2.75. The van der Waals surface area contributed by atoms with Gasteiger partial charge in [0.15, 0.2) is 5.11 Å². The molecule has 188 valence electrons. The molecule has 5 aromatic rings. The Morgan fingerprint density at radius 2 is 1.15 bits per heavy atom. The molecule has 1 fully saturated rings. The highest BCUT2D eigenvalue weighted by atomic mass is 32.1. The van der Waals surface area contributed by atoms with E-state index in [4.69, 9.17) is 12.2 Å². The van der Waals surface area contributed by atoms with Crippen molar-refractivity contribution in [3.8, 4) is 28.2 Å². The summed E-state index contributed by atoms with van der Waals surface area (Å²) in [6.45, 7) is 0. The molecule has 1 aliphatic rings. The first-order valence-electron chi connectivity index (χ1n) is 12.5. The van der Waals surface area contributed by atoms with Gasteiger partial charge in [-0.25, -0.2) is 0 Å². The summed E-state index contributed by atoms with van der Waals surface area (Å²) in [6.07, 6.45) is 1.67. The zero-order valence-corrected chi connectivity index (χ0v) is 21.6. The van der Waals surface area contributed by atoms with Gasteiger partial charge in [0.2, 0.25) is 0 Å². The molecule has 6 heteroatoms. The van der Waals surface area contributed by atoms with Crippen molar-refractivity contribution >= 4 is 40.9 Å². The highest BCUT2D eigenvalue weighted by Gasteiger charge is 2.35.